The summed E-state index contributed by atoms with van der Waals surface area (Å²) < 4.78 is 26.6. The predicted molar refractivity (Wildman–Crippen MR) is 115 cm³/mol. The molecule has 2 aromatic carbocycles. The summed E-state index contributed by atoms with van der Waals surface area (Å²) in [6.07, 6.45) is 0. The third kappa shape index (κ3) is 3.67. The monoisotopic (exact) mass is 423 g/mol. The Morgan fingerprint density at radius 3 is 2.73 bits per heavy atom. The number of hydrogen-bond acceptors (Lipinski definition) is 6. The molecule has 1 aliphatic rings. The van der Waals surface area contributed by atoms with E-state index in [1.54, 1.807) is 24.3 Å². The number of nitrogens with one attached hydrogen (secondary N) is 1. The van der Waals surface area contributed by atoms with Gasteiger partial charge in [-0.1, -0.05) is 12.1 Å². The fourth-order valence-electron chi connectivity index (χ4n) is 3.39. The topological polar surface area (TPSA) is 67.6 Å². The molecular formula is C22H18FN3O3S. The molecule has 0 bridgehead atoms. The number of amides is 1. The van der Waals surface area contributed by atoms with E-state index in [0.29, 0.717) is 48.4 Å². The van der Waals surface area contributed by atoms with Gasteiger partial charge in [-0.05, 0) is 42.5 Å². The van der Waals surface area contributed by atoms with Crippen LogP contribution in [0.4, 0.5) is 15.8 Å². The smallest absolute Gasteiger partial charge is 0.291 e. The number of thiazole rings is 1. The van der Waals surface area contributed by atoms with Crippen LogP contribution in [0.5, 0.6) is 0 Å². The van der Waals surface area contributed by atoms with Crippen molar-refractivity contribution in [3.63, 3.8) is 0 Å². The maximum atomic E-state index is 14.6. The van der Waals surface area contributed by atoms with Gasteiger partial charge in [0.25, 0.3) is 5.91 Å². The van der Waals surface area contributed by atoms with Crippen LogP contribution in [0.3, 0.4) is 0 Å². The summed E-state index contributed by atoms with van der Waals surface area (Å²) in [5.74, 6) is -0.165. The number of morpholine rings is 1. The second-order valence-electron chi connectivity index (χ2n) is 6.87. The van der Waals surface area contributed by atoms with Crippen LogP contribution in [0.25, 0.3) is 21.0 Å². The molecule has 30 heavy (non-hydrogen) atoms. The maximum absolute atomic E-state index is 14.6. The summed E-state index contributed by atoms with van der Waals surface area (Å²) in [6.45, 7) is 2.44. The van der Waals surface area contributed by atoms with Crippen molar-refractivity contribution < 1.29 is 18.3 Å². The molecule has 1 amide bonds. The summed E-state index contributed by atoms with van der Waals surface area (Å²) in [5.41, 5.74) is 1.76. The predicted octanol–water partition coefficient (Wildman–Crippen LogP) is 4.78. The van der Waals surface area contributed by atoms with Crippen LogP contribution in [0.1, 0.15) is 10.6 Å². The number of nitrogens with zero attached hydrogens (tertiary/aromatic N) is 2. The van der Waals surface area contributed by atoms with E-state index < -0.39 is 5.91 Å². The van der Waals surface area contributed by atoms with Crippen molar-refractivity contribution in [1.29, 1.82) is 0 Å². The van der Waals surface area contributed by atoms with Gasteiger partial charge < -0.3 is 19.4 Å². The number of benzene rings is 2. The fourth-order valence-corrected chi connectivity index (χ4v) is 4.32. The lowest BCUT2D eigenvalue weighted by atomic mass is 10.2. The molecule has 1 saturated heterocycles. The molecule has 1 aliphatic heterocycles. The van der Waals surface area contributed by atoms with Crippen molar-refractivity contribution in [2.24, 2.45) is 0 Å². The Labute approximate surface area is 175 Å². The third-order valence-corrected chi connectivity index (χ3v) is 5.94. The van der Waals surface area contributed by atoms with Crippen molar-refractivity contribution in [1.82, 2.24) is 4.98 Å². The van der Waals surface area contributed by atoms with Gasteiger partial charge in [0.05, 0.1) is 29.1 Å². The number of carbonyl (C=O) groups is 1. The second kappa shape index (κ2) is 7.89. The van der Waals surface area contributed by atoms with E-state index in [1.807, 2.05) is 29.2 Å². The van der Waals surface area contributed by atoms with Crippen molar-refractivity contribution >= 4 is 38.8 Å². The maximum Gasteiger partial charge on any atom is 0.291 e. The molecule has 0 spiro atoms. The molecule has 8 heteroatoms. The molecule has 0 unspecified atom stereocenters. The molecule has 0 aliphatic carbocycles. The fraction of sp³-hybridized carbons (Fsp3) is 0.182. The minimum atomic E-state index is -0.444. The second-order valence-corrected chi connectivity index (χ2v) is 7.90. The van der Waals surface area contributed by atoms with E-state index in [9.17, 15) is 9.18 Å². The zero-order chi connectivity index (χ0) is 20.5. The van der Waals surface area contributed by atoms with Crippen LogP contribution in [-0.2, 0) is 4.74 Å². The summed E-state index contributed by atoms with van der Waals surface area (Å²) in [5, 5.41) is 3.39. The van der Waals surface area contributed by atoms with E-state index in [2.05, 4.69) is 10.3 Å². The lowest BCUT2D eigenvalue weighted by Gasteiger charge is -2.29. The molecule has 0 saturated carbocycles. The summed E-state index contributed by atoms with van der Waals surface area (Å²) in [7, 11) is 0. The Hall–Kier alpha value is -3.23. The first kappa shape index (κ1) is 18.8. The van der Waals surface area contributed by atoms with Gasteiger partial charge in [0, 0.05) is 18.8 Å². The van der Waals surface area contributed by atoms with Crippen LogP contribution in [0.15, 0.2) is 59.0 Å². The average Bonchev–Trinajstić information content (AvgIpc) is 3.42. The summed E-state index contributed by atoms with van der Waals surface area (Å²) in [4.78, 5) is 19.0. The molecule has 4 aromatic rings. The van der Waals surface area contributed by atoms with Crippen molar-refractivity contribution in [3.05, 3.63) is 66.2 Å². The highest BCUT2D eigenvalue weighted by atomic mass is 32.1. The SMILES string of the molecule is O=C(Nc1ccc(N2CCOCC2)c(F)c1)c1ccc(-c2nc3ccccc3s2)o1. The molecule has 6 nitrogen and oxygen atoms in total. The van der Waals surface area contributed by atoms with Crippen LogP contribution < -0.4 is 10.2 Å². The number of ether oxygens (including phenoxy) is 1. The summed E-state index contributed by atoms with van der Waals surface area (Å²) >= 11 is 1.50. The molecular weight excluding hydrogens is 405 g/mol. The first-order valence-corrected chi connectivity index (χ1v) is 10.4. The number of halogens is 1. The number of fused-ring (bicyclic) bond motifs is 1. The van der Waals surface area contributed by atoms with Gasteiger partial charge in [0.1, 0.15) is 5.82 Å². The first-order chi connectivity index (χ1) is 14.7. The quantitative estimate of drug-likeness (QED) is 0.511. The first-order valence-electron chi connectivity index (χ1n) is 9.57. The van der Waals surface area contributed by atoms with Crippen molar-refractivity contribution in [2.45, 2.75) is 0 Å². The third-order valence-electron chi connectivity index (χ3n) is 4.89. The molecule has 152 valence electrons. The normalized spacial score (nSPS) is 14.2. The zero-order valence-electron chi connectivity index (χ0n) is 15.9. The van der Waals surface area contributed by atoms with Crippen LogP contribution in [-0.4, -0.2) is 37.2 Å². The standard InChI is InChI=1S/C22H18FN3O3S/c23-15-13-14(5-6-17(15)26-9-11-28-12-10-26)24-21(27)18-7-8-19(29-18)22-25-16-3-1-2-4-20(16)30-22/h1-8,13H,9-12H2,(H,24,27). The number of furan rings is 1. The highest BCUT2D eigenvalue weighted by Crippen LogP contribution is 2.31. The van der Waals surface area contributed by atoms with E-state index in [-0.39, 0.29) is 11.6 Å². The molecule has 1 N–H and O–H groups in total. The average molecular weight is 423 g/mol. The van der Waals surface area contributed by atoms with E-state index in [1.165, 1.54) is 17.4 Å². The number of rotatable bonds is 4. The van der Waals surface area contributed by atoms with Gasteiger partial charge in [-0.3, -0.25) is 4.79 Å². The minimum Gasteiger partial charge on any atom is -0.448 e. The highest BCUT2D eigenvalue weighted by molar-refractivity contribution is 7.21. The largest absolute Gasteiger partial charge is 0.448 e. The molecule has 5 rings (SSSR count). The highest BCUT2D eigenvalue weighted by Gasteiger charge is 2.18. The van der Waals surface area contributed by atoms with Crippen LogP contribution >= 0.6 is 11.3 Å². The Bertz CT molecular complexity index is 1180. The van der Waals surface area contributed by atoms with Gasteiger partial charge >= 0.3 is 0 Å². The molecule has 2 aromatic heterocycles. The van der Waals surface area contributed by atoms with E-state index >= 15 is 0 Å². The van der Waals surface area contributed by atoms with Crippen molar-refractivity contribution in [3.8, 4) is 10.8 Å². The van der Waals surface area contributed by atoms with Gasteiger partial charge in [0.2, 0.25) is 0 Å². The number of carbonyl (C=O) groups excluding carboxylic acids is 1. The van der Waals surface area contributed by atoms with E-state index in [4.69, 9.17) is 9.15 Å². The lowest BCUT2D eigenvalue weighted by molar-refractivity contribution is 0.0997. The van der Waals surface area contributed by atoms with Gasteiger partial charge in [0.15, 0.2) is 16.5 Å². The Kier molecular flexibility index (Phi) is 4.94. The van der Waals surface area contributed by atoms with Crippen LogP contribution in [0.2, 0.25) is 0 Å². The summed E-state index contributed by atoms with van der Waals surface area (Å²) in [6, 6.07) is 15.8. The molecule has 3 heterocycles. The molecule has 0 radical (unpaired) electrons. The minimum absolute atomic E-state index is 0.141. The molecule has 0 atom stereocenters. The Morgan fingerprint density at radius 2 is 1.93 bits per heavy atom. The van der Waals surface area contributed by atoms with Crippen molar-refractivity contribution in [2.75, 3.05) is 36.5 Å². The van der Waals surface area contributed by atoms with Crippen LogP contribution in [0, 0.1) is 5.82 Å². The van der Waals surface area contributed by atoms with Gasteiger partial charge in [-0.15, -0.1) is 11.3 Å². The molecule has 1 fully saturated rings. The van der Waals surface area contributed by atoms with Gasteiger partial charge in [-0.2, -0.15) is 0 Å². The number of para-hydroxylation sites is 1. The Balaban J connectivity index is 1.31. The number of aromatic nitrogens is 1. The Morgan fingerprint density at radius 1 is 1.10 bits per heavy atom. The van der Waals surface area contributed by atoms with Gasteiger partial charge in [-0.25, -0.2) is 9.37 Å². The number of anilines is 2. The number of hydrogen-bond donors (Lipinski definition) is 1. The zero-order valence-corrected chi connectivity index (χ0v) is 16.7. The van der Waals surface area contributed by atoms with E-state index in [0.717, 1.165) is 10.2 Å². The lowest BCUT2D eigenvalue weighted by Crippen LogP contribution is -2.36.